The summed E-state index contributed by atoms with van der Waals surface area (Å²) in [5.41, 5.74) is 11.3. The van der Waals surface area contributed by atoms with Crippen molar-refractivity contribution in [2.24, 2.45) is 0 Å². The lowest BCUT2D eigenvalue weighted by molar-refractivity contribution is -0.143. The topological polar surface area (TPSA) is 45.5 Å². The second-order valence-electron chi connectivity index (χ2n) is 22.7. The maximum Gasteiger partial charge on any atom is 0.416 e. The summed E-state index contributed by atoms with van der Waals surface area (Å²) in [5.74, 6) is 0.0463. The molecule has 0 amide bonds. The number of nitrogens with zero attached hydrogens (tertiary/aromatic N) is 6. The lowest BCUT2D eigenvalue weighted by Crippen LogP contribution is -2.11. The molecule has 6 nitrogen and oxygen atoms in total. The van der Waals surface area contributed by atoms with Crippen LogP contribution in [0.25, 0.3) is 155 Å². The van der Waals surface area contributed by atoms with Crippen molar-refractivity contribution < 1.29 is 26.3 Å². The average molecular weight is 1180 g/mol. The van der Waals surface area contributed by atoms with Gasteiger partial charge in [0.2, 0.25) is 5.95 Å². The molecule has 0 fully saturated rings. The number of hydrogen-bond acceptors (Lipinski definition) is 2. The van der Waals surface area contributed by atoms with E-state index in [4.69, 9.17) is 9.97 Å². The highest BCUT2D eigenvalue weighted by Gasteiger charge is 2.37. The Morgan fingerprint density at radius 1 is 0.256 bits per heavy atom. The summed E-state index contributed by atoms with van der Waals surface area (Å²) in [6.07, 6.45) is -10.2. The second-order valence-corrected chi connectivity index (χ2v) is 22.7. The zero-order valence-electron chi connectivity index (χ0n) is 47.4. The van der Waals surface area contributed by atoms with Crippen molar-refractivity contribution >= 4 is 87.2 Å². The van der Waals surface area contributed by atoms with Gasteiger partial charge in [-0.2, -0.15) is 26.3 Å². The van der Waals surface area contributed by atoms with Crippen molar-refractivity contribution in [2.45, 2.75) is 12.4 Å². The van der Waals surface area contributed by atoms with Crippen LogP contribution in [0.3, 0.4) is 0 Å². The molecule has 0 bridgehead atoms. The van der Waals surface area contributed by atoms with E-state index in [-0.39, 0.29) is 29.0 Å². The molecule has 0 aliphatic rings. The average Bonchev–Trinajstić information content (AvgIpc) is 1.68. The molecule has 0 saturated carbocycles. The minimum atomic E-state index is -5.11. The number of halogens is 6. The Morgan fingerprint density at radius 2 is 0.667 bits per heavy atom. The van der Waals surface area contributed by atoms with E-state index >= 15 is 0 Å². The van der Waals surface area contributed by atoms with E-state index in [1.807, 2.05) is 138 Å². The Bertz CT molecular complexity index is 5740. The molecule has 0 saturated heterocycles. The standard InChI is InChI=1S/C78H44F6N6/c79-77(80,81)53-38-52(39-54(45-53)78(82,83)84)67-46-66(85-76(86-67)90-71-29-14-8-23-59(71)63-35-31-50(44-75(63)90)48-33-37-73-65(42-48)61-25-10-13-28-70(61)88(73)56-19-5-2-6-20-56)51-16-15-21-57(40-51)89-68-26-11-7-22-58(68)62-34-30-49(43-74(62)89)47-32-36-72-64(41-47)60-24-9-12-27-69(60)87(72)55-17-3-1-4-18-55/h1-8,10-11,13-46H. The predicted molar refractivity (Wildman–Crippen MR) is 349 cm³/mol. The quantitative estimate of drug-likeness (QED) is 0.142. The number of alkyl halides is 6. The molecule has 0 aliphatic carbocycles. The molecule has 5 aromatic heterocycles. The van der Waals surface area contributed by atoms with Crippen LogP contribution in [0.15, 0.2) is 267 Å². The van der Waals surface area contributed by atoms with Crippen molar-refractivity contribution in [1.82, 2.24) is 28.2 Å². The van der Waals surface area contributed by atoms with Crippen LogP contribution in [0, 0.1) is 12.1 Å². The van der Waals surface area contributed by atoms with Crippen molar-refractivity contribution in [2.75, 3.05) is 0 Å². The van der Waals surface area contributed by atoms with Crippen LogP contribution in [-0.2, 0) is 12.4 Å². The van der Waals surface area contributed by atoms with Crippen molar-refractivity contribution in [3.63, 3.8) is 0 Å². The Kier molecular flexibility index (Phi) is 11.7. The lowest BCUT2D eigenvalue weighted by Gasteiger charge is -2.16. The summed E-state index contributed by atoms with van der Waals surface area (Å²) in [6, 6.07) is 91.1. The molecule has 5 heterocycles. The van der Waals surface area contributed by atoms with E-state index in [2.05, 4.69) is 135 Å². The van der Waals surface area contributed by atoms with Gasteiger partial charge >= 0.3 is 12.4 Å². The van der Waals surface area contributed by atoms with Crippen LogP contribution in [0.1, 0.15) is 11.1 Å². The van der Waals surface area contributed by atoms with Crippen molar-refractivity contribution in [3.8, 4) is 67.8 Å². The molecular weight excluding hydrogens is 1130 g/mol. The third-order valence-electron chi connectivity index (χ3n) is 17.5. The van der Waals surface area contributed by atoms with Gasteiger partial charge in [0.15, 0.2) is 0 Å². The fraction of sp³-hybridized carbons (Fsp3) is 0.0256. The number of aromatic nitrogens is 6. The summed E-state index contributed by atoms with van der Waals surface area (Å²) in [5, 5.41) is 7.95. The molecule has 0 unspecified atom stereocenters. The maximum atomic E-state index is 14.8. The maximum absolute atomic E-state index is 14.8. The zero-order chi connectivity index (χ0) is 60.6. The normalized spacial score (nSPS) is 12.2. The minimum Gasteiger partial charge on any atom is -0.309 e. The SMILES string of the molecule is FC(F)(F)c1cc(-c2cc(-c3cccc(-n4c5ccccc5c5ccc(-c6ccc7c(c6)c6cc#ccc6n7-c6ccccc6)cc54)c3)nc(-n3c4ccccc4c4ccc(-c5ccc6c(c5)c5ccccc5n6-c5ccccc5)cc43)n2)cc(C(F)(F)F)c1. The van der Waals surface area contributed by atoms with Crippen molar-refractivity contribution in [3.05, 3.63) is 290 Å². The lowest BCUT2D eigenvalue weighted by atomic mass is 10.0. The van der Waals surface area contributed by atoms with Gasteiger partial charge in [-0.1, -0.05) is 152 Å². The molecule has 0 atom stereocenters. The predicted octanol–water partition coefficient (Wildman–Crippen LogP) is 21.2. The summed E-state index contributed by atoms with van der Waals surface area (Å²) >= 11 is 0. The number of fused-ring (bicyclic) bond motifs is 12. The number of benzene rings is 11. The molecule has 90 heavy (non-hydrogen) atoms. The Balaban J connectivity index is 0.851. The molecule has 12 heteroatoms. The van der Waals surface area contributed by atoms with Crippen LogP contribution >= 0.6 is 0 Å². The Hall–Kier alpha value is -11.7. The number of rotatable bonds is 8. The van der Waals surface area contributed by atoms with Crippen LogP contribution in [0.2, 0.25) is 0 Å². The molecule has 12 aromatic carbocycles. The van der Waals surface area contributed by atoms with Crippen LogP contribution < -0.4 is 0 Å². The highest BCUT2D eigenvalue weighted by Crippen LogP contribution is 2.44. The number of hydrogen-bond donors (Lipinski definition) is 0. The van der Waals surface area contributed by atoms with E-state index in [0.717, 1.165) is 128 Å². The molecule has 0 aliphatic heterocycles. The van der Waals surface area contributed by atoms with Gasteiger partial charge in [0.05, 0.1) is 66.6 Å². The van der Waals surface area contributed by atoms with Gasteiger partial charge in [-0.3, -0.25) is 4.57 Å². The fourth-order valence-corrected chi connectivity index (χ4v) is 13.4. The first-order valence-corrected chi connectivity index (χ1v) is 29.3. The molecule has 0 N–H and O–H groups in total. The molecular formula is C78H44F6N6. The molecule has 17 aromatic rings. The van der Waals surface area contributed by atoms with Gasteiger partial charge in [-0.25, -0.2) is 9.97 Å². The summed E-state index contributed by atoms with van der Waals surface area (Å²) in [6.45, 7) is 0. The van der Waals surface area contributed by atoms with E-state index in [1.54, 1.807) is 0 Å². The Morgan fingerprint density at radius 3 is 1.23 bits per heavy atom. The van der Waals surface area contributed by atoms with Gasteiger partial charge < -0.3 is 13.7 Å². The third-order valence-corrected chi connectivity index (χ3v) is 17.5. The monoisotopic (exact) mass is 1180 g/mol. The van der Waals surface area contributed by atoms with Crippen LogP contribution in [0.5, 0.6) is 0 Å². The molecule has 428 valence electrons. The zero-order valence-corrected chi connectivity index (χ0v) is 47.4. The highest BCUT2D eigenvalue weighted by molar-refractivity contribution is 6.14. The minimum absolute atomic E-state index is 0.0463. The first-order valence-electron chi connectivity index (χ1n) is 29.3. The van der Waals surface area contributed by atoms with Gasteiger partial charge in [0, 0.05) is 77.3 Å². The molecule has 0 spiro atoms. The van der Waals surface area contributed by atoms with Gasteiger partial charge in [0.1, 0.15) is 0 Å². The summed E-state index contributed by atoms with van der Waals surface area (Å²) < 4.78 is 97.1. The van der Waals surface area contributed by atoms with Gasteiger partial charge in [-0.15, -0.1) is 0 Å². The van der Waals surface area contributed by atoms with E-state index in [9.17, 15) is 26.3 Å². The van der Waals surface area contributed by atoms with E-state index < -0.39 is 23.5 Å². The third kappa shape index (κ3) is 8.45. The first kappa shape index (κ1) is 52.6. The number of para-hydroxylation sites is 5. The second kappa shape index (κ2) is 19.9. The highest BCUT2D eigenvalue weighted by atomic mass is 19.4. The van der Waals surface area contributed by atoms with E-state index in [0.29, 0.717) is 16.6 Å². The van der Waals surface area contributed by atoms with Gasteiger partial charge in [-0.05, 0) is 144 Å². The first-order chi connectivity index (χ1) is 43.9. The van der Waals surface area contributed by atoms with Gasteiger partial charge in [0.25, 0.3) is 0 Å². The summed E-state index contributed by atoms with van der Waals surface area (Å²) in [4.78, 5) is 10.3. The van der Waals surface area contributed by atoms with Crippen LogP contribution in [0.4, 0.5) is 26.3 Å². The smallest absolute Gasteiger partial charge is 0.309 e. The fourth-order valence-electron chi connectivity index (χ4n) is 13.4. The molecule has 0 radical (unpaired) electrons. The largest absolute Gasteiger partial charge is 0.416 e. The Labute approximate surface area is 509 Å². The summed E-state index contributed by atoms with van der Waals surface area (Å²) in [7, 11) is 0. The van der Waals surface area contributed by atoms with Crippen LogP contribution in [-0.4, -0.2) is 28.2 Å². The van der Waals surface area contributed by atoms with E-state index in [1.165, 1.54) is 6.07 Å². The van der Waals surface area contributed by atoms with Crippen molar-refractivity contribution in [1.29, 1.82) is 0 Å². The molecule has 17 rings (SSSR count).